The van der Waals surface area contributed by atoms with Crippen LogP contribution < -0.4 is 5.32 Å². The summed E-state index contributed by atoms with van der Waals surface area (Å²) in [6.07, 6.45) is -0.565. The van der Waals surface area contributed by atoms with Crippen LogP contribution in [0.2, 0.25) is 0 Å². The monoisotopic (exact) mass is 515 g/mol. The van der Waals surface area contributed by atoms with Gasteiger partial charge in [-0.15, -0.1) is 0 Å². The van der Waals surface area contributed by atoms with Crippen LogP contribution in [0.4, 0.5) is 18.9 Å². The third kappa shape index (κ3) is 5.39. The van der Waals surface area contributed by atoms with Gasteiger partial charge < -0.3 is 19.7 Å². The standard InChI is InChI=1S/C29H36F3N3O2/c30-29(31,32)21-6-9-26-25(18-21)28-24(27(33-26)20-4-2-1-3-5-20)8-7-23(37-28)19-34-12-10-22(11-13-34)35-14-16-36-17-15-35/h1-6,9,18,22-24,27-28,33H,7-8,10-17,19H2/t23-,24+,27+,28+/m1/s1. The molecule has 6 rings (SSSR count). The van der Waals surface area contributed by atoms with Gasteiger partial charge in [0.25, 0.3) is 0 Å². The van der Waals surface area contributed by atoms with E-state index in [0.717, 1.165) is 82.9 Å². The van der Waals surface area contributed by atoms with Gasteiger partial charge in [-0.3, -0.25) is 4.90 Å². The van der Waals surface area contributed by atoms with Gasteiger partial charge in [0.05, 0.1) is 37.0 Å². The molecular formula is C29H36F3N3O2. The van der Waals surface area contributed by atoms with Crippen molar-refractivity contribution < 1.29 is 22.6 Å². The van der Waals surface area contributed by atoms with E-state index < -0.39 is 11.7 Å². The SMILES string of the molecule is FC(F)(F)c1ccc2c(c1)[C@H]1O[C@@H](CN3CCC(N4CCOCC4)CC3)CC[C@H]1[C@H](c1ccccc1)N2. The lowest BCUT2D eigenvalue weighted by molar-refractivity contribution is -0.138. The molecule has 0 saturated carbocycles. The highest BCUT2D eigenvalue weighted by Crippen LogP contribution is 2.51. The predicted octanol–water partition coefficient (Wildman–Crippen LogP) is 5.51. The van der Waals surface area contributed by atoms with Crippen LogP contribution in [0.5, 0.6) is 0 Å². The fourth-order valence-electron chi connectivity index (χ4n) is 6.75. The van der Waals surface area contributed by atoms with E-state index in [4.69, 9.17) is 9.47 Å². The Morgan fingerprint density at radius 2 is 1.65 bits per heavy atom. The van der Waals surface area contributed by atoms with E-state index in [2.05, 4.69) is 27.2 Å². The number of likely N-dealkylation sites (tertiary alicyclic amines) is 1. The van der Waals surface area contributed by atoms with Crippen molar-refractivity contribution in [2.45, 2.75) is 56.2 Å². The van der Waals surface area contributed by atoms with Crippen molar-refractivity contribution in [3.05, 3.63) is 65.2 Å². The van der Waals surface area contributed by atoms with E-state index in [9.17, 15) is 13.2 Å². The van der Waals surface area contributed by atoms with Crippen molar-refractivity contribution in [3.8, 4) is 0 Å². The Hall–Kier alpha value is -2.13. The van der Waals surface area contributed by atoms with Crippen molar-refractivity contribution >= 4 is 5.69 Å². The second kappa shape index (κ2) is 10.6. The average Bonchev–Trinajstić information content (AvgIpc) is 2.93. The number of halogens is 3. The minimum Gasteiger partial charge on any atom is -0.379 e. The molecule has 4 aliphatic heterocycles. The number of alkyl halides is 3. The number of nitrogens with zero attached hydrogens (tertiary/aromatic N) is 2. The Morgan fingerprint density at radius 3 is 2.38 bits per heavy atom. The number of anilines is 1. The Balaban J connectivity index is 1.18. The maximum atomic E-state index is 13.6. The van der Waals surface area contributed by atoms with Gasteiger partial charge >= 0.3 is 6.18 Å². The molecule has 3 saturated heterocycles. The van der Waals surface area contributed by atoms with Crippen LogP contribution in [0.1, 0.15) is 54.5 Å². The summed E-state index contributed by atoms with van der Waals surface area (Å²) in [5.74, 6) is 0.0849. The molecule has 0 bridgehead atoms. The molecule has 4 heterocycles. The van der Waals surface area contributed by atoms with Gasteiger partial charge in [-0.05, 0) is 62.5 Å². The zero-order chi connectivity index (χ0) is 25.4. The van der Waals surface area contributed by atoms with Gasteiger partial charge in [-0.1, -0.05) is 30.3 Å². The van der Waals surface area contributed by atoms with E-state index in [0.29, 0.717) is 11.6 Å². The maximum absolute atomic E-state index is 13.6. The van der Waals surface area contributed by atoms with E-state index in [1.165, 1.54) is 12.1 Å². The number of ether oxygens (including phenoxy) is 2. The van der Waals surface area contributed by atoms with Crippen molar-refractivity contribution in [1.82, 2.24) is 9.80 Å². The van der Waals surface area contributed by atoms with E-state index in [1.807, 2.05) is 18.2 Å². The van der Waals surface area contributed by atoms with Crippen LogP contribution >= 0.6 is 0 Å². The molecule has 1 N–H and O–H groups in total. The average molecular weight is 516 g/mol. The predicted molar refractivity (Wildman–Crippen MR) is 136 cm³/mol. The van der Waals surface area contributed by atoms with Crippen LogP contribution in [-0.4, -0.2) is 67.9 Å². The lowest BCUT2D eigenvalue weighted by Crippen LogP contribution is -2.50. The number of benzene rings is 2. The zero-order valence-corrected chi connectivity index (χ0v) is 21.1. The van der Waals surface area contributed by atoms with Gasteiger partial charge in [-0.25, -0.2) is 0 Å². The number of morpholine rings is 1. The van der Waals surface area contributed by atoms with E-state index >= 15 is 0 Å². The summed E-state index contributed by atoms with van der Waals surface area (Å²) in [6.45, 7) is 6.63. The highest BCUT2D eigenvalue weighted by atomic mass is 19.4. The first kappa shape index (κ1) is 25.2. The normalized spacial score (nSPS) is 29.8. The first-order chi connectivity index (χ1) is 18.0. The molecule has 0 aliphatic carbocycles. The summed E-state index contributed by atoms with van der Waals surface area (Å²) < 4.78 is 53.0. The lowest BCUT2D eigenvalue weighted by Gasteiger charge is -2.47. The van der Waals surface area contributed by atoms with Crippen LogP contribution in [0.25, 0.3) is 0 Å². The summed E-state index contributed by atoms with van der Waals surface area (Å²) in [5, 5.41) is 3.55. The van der Waals surface area contributed by atoms with Crippen molar-refractivity contribution in [1.29, 1.82) is 0 Å². The van der Waals surface area contributed by atoms with E-state index in [-0.39, 0.29) is 24.2 Å². The molecule has 4 atom stereocenters. The maximum Gasteiger partial charge on any atom is 0.416 e. The molecule has 0 spiro atoms. The molecule has 0 amide bonds. The van der Waals surface area contributed by atoms with Crippen LogP contribution in [0.15, 0.2) is 48.5 Å². The van der Waals surface area contributed by atoms with Gasteiger partial charge in [-0.2, -0.15) is 13.2 Å². The third-order valence-electron chi connectivity index (χ3n) is 8.71. The van der Waals surface area contributed by atoms with Gasteiger partial charge in [0.15, 0.2) is 0 Å². The quantitative estimate of drug-likeness (QED) is 0.582. The molecule has 200 valence electrons. The number of nitrogens with one attached hydrogen (secondary N) is 1. The Kier molecular flexibility index (Phi) is 7.18. The minimum atomic E-state index is -4.38. The van der Waals surface area contributed by atoms with Crippen molar-refractivity contribution in [2.75, 3.05) is 51.3 Å². The molecule has 0 radical (unpaired) electrons. The first-order valence-corrected chi connectivity index (χ1v) is 13.7. The molecule has 5 nitrogen and oxygen atoms in total. The number of fused-ring (bicyclic) bond motifs is 3. The summed E-state index contributed by atoms with van der Waals surface area (Å²) in [7, 11) is 0. The fourth-order valence-corrected chi connectivity index (χ4v) is 6.75. The molecule has 2 aromatic carbocycles. The molecular weight excluding hydrogens is 479 g/mol. The topological polar surface area (TPSA) is 37.0 Å². The highest BCUT2D eigenvalue weighted by Gasteiger charge is 2.44. The minimum absolute atomic E-state index is 0.0145. The number of rotatable bonds is 4. The second-order valence-electron chi connectivity index (χ2n) is 10.9. The second-order valence-corrected chi connectivity index (χ2v) is 10.9. The smallest absolute Gasteiger partial charge is 0.379 e. The molecule has 4 aliphatic rings. The van der Waals surface area contributed by atoms with Crippen LogP contribution in [0, 0.1) is 5.92 Å². The van der Waals surface area contributed by atoms with Crippen molar-refractivity contribution in [3.63, 3.8) is 0 Å². The number of piperidine rings is 1. The highest BCUT2D eigenvalue weighted by molar-refractivity contribution is 5.58. The molecule has 37 heavy (non-hydrogen) atoms. The van der Waals surface area contributed by atoms with Crippen LogP contribution in [-0.2, 0) is 15.7 Å². The Bertz CT molecular complexity index is 1050. The third-order valence-corrected chi connectivity index (χ3v) is 8.71. The Morgan fingerprint density at radius 1 is 0.892 bits per heavy atom. The first-order valence-electron chi connectivity index (χ1n) is 13.7. The summed E-state index contributed by atoms with van der Waals surface area (Å²) in [4.78, 5) is 5.06. The number of hydrogen-bond donors (Lipinski definition) is 1. The van der Waals surface area contributed by atoms with Crippen molar-refractivity contribution in [2.24, 2.45) is 5.92 Å². The summed E-state index contributed by atoms with van der Waals surface area (Å²) in [6, 6.07) is 14.9. The van der Waals surface area contributed by atoms with E-state index in [1.54, 1.807) is 6.07 Å². The van der Waals surface area contributed by atoms with Gasteiger partial charge in [0, 0.05) is 42.8 Å². The molecule has 2 aromatic rings. The zero-order valence-electron chi connectivity index (χ0n) is 21.1. The molecule has 8 heteroatoms. The number of hydrogen-bond acceptors (Lipinski definition) is 5. The van der Waals surface area contributed by atoms with Gasteiger partial charge in [0.2, 0.25) is 0 Å². The summed E-state index contributed by atoms with van der Waals surface area (Å²) >= 11 is 0. The van der Waals surface area contributed by atoms with Gasteiger partial charge in [0.1, 0.15) is 0 Å². The molecule has 0 unspecified atom stereocenters. The Labute approximate surface area is 216 Å². The largest absolute Gasteiger partial charge is 0.416 e. The fraction of sp³-hybridized carbons (Fsp3) is 0.586. The molecule has 3 fully saturated rings. The summed E-state index contributed by atoms with van der Waals surface area (Å²) in [5.41, 5.74) is 1.92. The lowest BCUT2D eigenvalue weighted by atomic mass is 9.76. The van der Waals surface area contributed by atoms with Crippen LogP contribution in [0.3, 0.4) is 0 Å². The molecule has 0 aromatic heterocycles.